The van der Waals surface area contributed by atoms with Crippen molar-refractivity contribution in [1.82, 2.24) is 5.06 Å². The zero-order valence-electron chi connectivity index (χ0n) is 17.8. The summed E-state index contributed by atoms with van der Waals surface area (Å²) in [6.07, 6.45) is -8.86. The lowest BCUT2D eigenvalue weighted by molar-refractivity contribution is -0.154. The van der Waals surface area contributed by atoms with E-state index in [2.05, 4.69) is 10.5 Å². The van der Waals surface area contributed by atoms with Crippen molar-refractivity contribution in [3.05, 3.63) is 64.2 Å². The van der Waals surface area contributed by atoms with Crippen LogP contribution < -0.4 is 5.32 Å². The molecule has 0 bridgehead atoms. The topological polar surface area (TPSA) is 63.2 Å². The average Bonchev–Trinajstić information content (AvgIpc) is 3.19. The van der Waals surface area contributed by atoms with E-state index in [1.807, 2.05) is 0 Å². The Labute approximate surface area is 200 Å². The summed E-state index contributed by atoms with van der Waals surface area (Å²) in [6.45, 7) is 0.499. The summed E-state index contributed by atoms with van der Waals surface area (Å²) in [4.78, 5) is 23.0. The smallest absolute Gasteiger partial charge is 0.388 e. The highest BCUT2D eigenvalue weighted by atomic mass is 35.5. The number of nitrogens with zero attached hydrogens (tertiary/aromatic N) is 2. The third-order valence-corrected chi connectivity index (χ3v) is 6.09. The second-order valence-corrected chi connectivity index (χ2v) is 8.60. The van der Waals surface area contributed by atoms with Crippen LogP contribution in [0, 0.1) is 0 Å². The summed E-state index contributed by atoms with van der Waals surface area (Å²) in [5.74, 6) is 0. The van der Waals surface area contributed by atoms with Gasteiger partial charge in [-0.15, -0.1) is 5.06 Å². The number of hydrogen-bond donors (Lipinski definition) is 1. The molecule has 2 aromatic carbocycles. The molecule has 2 aliphatic rings. The van der Waals surface area contributed by atoms with E-state index in [1.54, 1.807) is 0 Å². The number of nitrogens with one attached hydrogen (secondary N) is 1. The normalized spacial score (nSPS) is 18.2. The maximum atomic E-state index is 12.9. The van der Waals surface area contributed by atoms with Gasteiger partial charge in [-0.2, -0.15) is 26.3 Å². The van der Waals surface area contributed by atoms with Gasteiger partial charge in [0.1, 0.15) is 5.60 Å². The lowest BCUT2D eigenvalue weighted by Crippen LogP contribution is -2.45. The summed E-state index contributed by atoms with van der Waals surface area (Å²) < 4.78 is 77.0. The van der Waals surface area contributed by atoms with Crippen molar-refractivity contribution in [3.63, 3.8) is 0 Å². The first kappa shape index (κ1) is 25.1. The first-order chi connectivity index (χ1) is 16.3. The highest BCUT2D eigenvalue weighted by Crippen LogP contribution is 2.37. The molecule has 0 atom stereocenters. The molecular formula is C22H18ClF6N3O3. The number of alkyl halides is 6. The fraction of sp³-hybridized carbons (Fsp3) is 0.364. The van der Waals surface area contributed by atoms with Gasteiger partial charge in [-0.1, -0.05) is 28.9 Å². The molecule has 2 heterocycles. The predicted octanol–water partition coefficient (Wildman–Crippen LogP) is 6.50. The zero-order chi connectivity index (χ0) is 25.4. The highest BCUT2D eigenvalue weighted by molar-refractivity contribution is 6.33. The van der Waals surface area contributed by atoms with E-state index < -0.39 is 35.2 Å². The van der Waals surface area contributed by atoms with Crippen LogP contribution in [0.1, 0.15) is 36.0 Å². The van der Waals surface area contributed by atoms with Crippen molar-refractivity contribution < 1.29 is 40.8 Å². The number of amides is 1. The van der Waals surface area contributed by atoms with Crippen LogP contribution in [0.2, 0.25) is 5.02 Å². The van der Waals surface area contributed by atoms with Crippen LogP contribution in [0.5, 0.6) is 0 Å². The SMILES string of the molecule is O=C(Nc1cc(C(F)(F)F)ccc1Cl)ON1CCC2(CC1)CC(c1ccc(C(F)(F)F)cc1)=NO2. The van der Waals surface area contributed by atoms with Gasteiger partial charge in [0.15, 0.2) is 0 Å². The van der Waals surface area contributed by atoms with Gasteiger partial charge >= 0.3 is 18.4 Å². The fourth-order valence-electron chi connectivity index (χ4n) is 3.83. The quantitative estimate of drug-likeness (QED) is 0.468. The number of anilines is 1. The maximum absolute atomic E-state index is 12.9. The third-order valence-electron chi connectivity index (χ3n) is 5.76. The number of hydroxylamine groups is 2. The minimum atomic E-state index is -4.60. The Balaban J connectivity index is 1.30. The molecule has 6 nitrogen and oxygen atoms in total. The molecule has 35 heavy (non-hydrogen) atoms. The van der Waals surface area contributed by atoms with Crippen molar-refractivity contribution >= 4 is 29.1 Å². The third kappa shape index (κ3) is 5.81. The minimum Gasteiger partial charge on any atom is -0.388 e. The molecule has 0 saturated carbocycles. The summed E-state index contributed by atoms with van der Waals surface area (Å²) in [5.41, 5.74) is -1.62. The van der Waals surface area contributed by atoms with Gasteiger partial charge in [-0.05, 0) is 35.9 Å². The number of rotatable bonds is 3. The molecule has 1 spiro atoms. The largest absolute Gasteiger partial charge is 0.430 e. The van der Waals surface area contributed by atoms with Gasteiger partial charge in [0.2, 0.25) is 0 Å². The molecule has 4 rings (SSSR count). The fourth-order valence-corrected chi connectivity index (χ4v) is 3.99. The molecule has 1 fully saturated rings. The van der Waals surface area contributed by atoms with E-state index in [0.29, 0.717) is 36.6 Å². The zero-order valence-corrected chi connectivity index (χ0v) is 18.6. The lowest BCUT2D eigenvalue weighted by Gasteiger charge is -2.35. The molecule has 2 aliphatic heterocycles. The van der Waals surface area contributed by atoms with Crippen LogP contribution in [-0.2, 0) is 22.0 Å². The van der Waals surface area contributed by atoms with E-state index in [9.17, 15) is 31.1 Å². The monoisotopic (exact) mass is 521 g/mol. The number of hydrogen-bond acceptors (Lipinski definition) is 5. The molecule has 0 unspecified atom stereocenters. The number of halogens is 7. The maximum Gasteiger partial charge on any atom is 0.430 e. The summed E-state index contributed by atoms with van der Waals surface area (Å²) in [7, 11) is 0. The summed E-state index contributed by atoms with van der Waals surface area (Å²) in [6, 6.07) is 7.17. The van der Waals surface area contributed by atoms with Crippen LogP contribution in [-0.4, -0.2) is 35.6 Å². The molecule has 2 aromatic rings. The molecule has 188 valence electrons. The van der Waals surface area contributed by atoms with Gasteiger partial charge in [0.05, 0.1) is 27.5 Å². The number of benzene rings is 2. The van der Waals surface area contributed by atoms with Crippen molar-refractivity contribution in [3.8, 4) is 0 Å². The summed E-state index contributed by atoms with van der Waals surface area (Å²) in [5, 5.41) is 7.50. The summed E-state index contributed by atoms with van der Waals surface area (Å²) >= 11 is 5.87. The van der Waals surface area contributed by atoms with Gasteiger partial charge in [-0.3, -0.25) is 5.32 Å². The average molecular weight is 522 g/mol. The first-order valence-corrected chi connectivity index (χ1v) is 10.8. The van der Waals surface area contributed by atoms with Crippen LogP contribution in [0.15, 0.2) is 47.6 Å². The van der Waals surface area contributed by atoms with E-state index in [0.717, 1.165) is 24.3 Å². The molecule has 0 aromatic heterocycles. The lowest BCUT2D eigenvalue weighted by atomic mass is 9.86. The number of oxime groups is 1. The van der Waals surface area contributed by atoms with Gasteiger partial charge in [0, 0.05) is 32.4 Å². The van der Waals surface area contributed by atoms with Crippen molar-refractivity contribution in [2.24, 2.45) is 5.16 Å². The Hall–Kier alpha value is -2.99. The van der Waals surface area contributed by atoms with Crippen LogP contribution in [0.25, 0.3) is 0 Å². The Morgan fingerprint density at radius 2 is 1.60 bits per heavy atom. The van der Waals surface area contributed by atoms with E-state index in [4.69, 9.17) is 21.3 Å². The predicted molar refractivity (Wildman–Crippen MR) is 114 cm³/mol. The highest BCUT2D eigenvalue weighted by Gasteiger charge is 2.43. The Kier molecular flexibility index (Phi) is 6.62. The Bertz CT molecular complexity index is 1130. The molecule has 1 N–H and O–H groups in total. The van der Waals surface area contributed by atoms with Crippen LogP contribution in [0.3, 0.4) is 0 Å². The molecular weight excluding hydrogens is 504 g/mol. The second kappa shape index (κ2) is 9.23. The van der Waals surface area contributed by atoms with Crippen molar-refractivity contribution in [2.45, 2.75) is 37.2 Å². The Morgan fingerprint density at radius 3 is 2.20 bits per heavy atom. The molecule has 0 radical (unpaired) electrons. The van der Waals surface area contributed by atoms with Crippen LogP contribution >= 0.6 is 11.6 Å². The molecule has 13 heteroatoms. The van der Waals surface area contributed by atoms with E-state index >= 15 is 0 Å². The number of carbonyl (C=O) groups is 1. The van der Waals surface area contributed by atoms with Crippen molar-refractivity contribution in [1.29, 1.82) is 0 Å². The van der Waals surface area contributed by atoms with E-state index in [1.165, 1.54) is 17.2 Å². The van der Waals surface area contributed by atoms with Gasteiger partial charge in [-0.25, -0.2) is 4.79 Å². The first-order valence-electron chi connectivity index (χ1n) is 10.4. The van der Waals surface area contributed by atoms with E-state index in [-0.39, 0.29) is 23.8 Å². The molecule has 1 saturated heterocycles. The van der Waals surface area contributed by atoms with Crippen molar-refractivity contribution in [2.75, 3.05) is 18.4 Å². The van der Waals surface area contributed by atoms with Gasteiger partial charge < -0.3 is 9.68 Å². The molecule has 1 amide bonds. The van der Waals surface area contributed by atoms with Gasteiger partial charge in [0.25, 0.3) is 0 Å². The Morgan fingerprint density at radius 1 is 1.00 bits per heavy atom. The van der Waals surface area contributed by atoms with Crippen LogP contribution in [0.4, 0.5) is 36.8 Å². The minimum absolute atomic E-state index is 0.0835. The second-order valence-electron chi connectivity index (χ2n) is 8.19. The molecule has 0 aliphatic carbocycles. The number of piperidine rings is 1. The number of carbonyl (C=O) groups excluding carboxylic acids is 1. The standard InChI is InChI=1S/C22H18ClF6N3O3/c23-16-6-5-15(22(27,28)29)11-17(16)30-19(33)34-32-9-7-20(8-10-32)12-18(31-35-20)13-1-3-14(4-2-13)21(24,25)26/h1-6,11H,7-10,12H2,(H,30,33).